The summed E-state index contributed by atoms with van der Waals surface area (Å²) in [5.74, 6) is -0.231. The SMILES string of the molecule is CCC1C(=O)NC(C)C(=O)N1Cc1cccc(Cl)c1Cl. The van der Waals surface area contributed by atoms with Gasteiger partial charge in [0.15, 0.2) is 0 Å². The Morgan fingerprint density at radius 2 is 2.00 bits per heavy atom. The van der Waals surface area contributed by atoms with Crippen molar-refractivity contribution in [3.63, 3.8) is 0 Å². The molecule has 0 radical (unpaired) electrons. The van der Waals surface area contributed by atoms with Crippen molar-refractivity contribution < 1.29 is 9.59 Å². The quantitative estimate of drug-likeness (QED) is 0.932. The zero-order valence-electron chi connectivity index (χ0n) is 11.3. The zero-order chi connectivity index (χ0) is 14.9. The van der Waals surface area contributed by atoms with Crippen LogP contribution >= 0.6 is 23.2 Å². The van der Waals surface area contributed by atoms with E-state index in [1.165, 1.54) is 0 Å². The summed E-state index contributed by atoms with van der Waals surface area (Å²) in [5.41, 5.74) is 0.743. The van der Waals surface area contributed by atoms with Crippen LogP contribution in [0.15, 0.2) is 18.2 Å². The van der Waals surface area contributed by atoms with Gasteiger partial charge in [0.2, 0.25) is 11.8 Å². The summed E-state index contributed by atoms with van der Waals surface area (Å²) in [4.78, 5) is 25.8. The molecule has 1 saturated heterocycles. The van der Waals surface area contributed by atoms with Crippen molar-refractivity contribution >= 4 is 35.0 Å². The van der Waals surface area contributed by atoms with Gasteiger partial charge in [-0.2, -0.15) is 0 Å². The molecule has 2 rings (SSSR count). The summed E-state index contributed by atoms with van der Waals surface area (Å²) in [5, 5.41) is 3.55. The van der Waals surface area contributed by atoms with E-state index in [4.69, 9.17) is 23.2 Å². The van der Waals surface area contributed by atoms with Crippen LogP contribution in [0.1, 0.15) is 25.8 Å². The third kappa shape index (κ3) is 2.76. The lowest BCUT2D eigenvalue weighted by Crippen LogP contribution is -2.61. The van der Waals surface area contributed by atoms with E-state index < -0.39 is 12.1 Å². The van der Waals surface area contributed by atoms with E-state index in [0.717, 1.165) is 5.56 Å². The van der Waals surface area contributed by atoms with Crippen molar-refractivity contribution in [3.8, 4) is 0 Å². The van der Waals surface area contributed by atoms with Gasteiger partial charge in [-0.15, -0.1) is 0 Å². The summed E-state index contributed by atoms with van der Waals surface area (Å²) in [6, 6.07) is 4.31. The normalized spacial score (nSPS) is 22.9. The Morgan fingerprint density at radius 3 is 2.65 bits per heavy atom. The van der Waals surface area contributed by atoms with Gasteiger partial charge in [0.1, 0.15) is 12.1 Å². The Labute approximate surface area is 128 Å². The molecule has 2 amide bonds. The molecule has 0 bridgehead atoms. The maximum Gasteiger partial charge on any atom is 0.245 e. The lowest BCUT2D eigenvalue weighted by molar-refractivity contribution is -0.149. The van der Waals surface area contributed by atoms with Gasteiger partial charge < -0.3 is 10.2 Å². The fourth-order valence-electron chi connectivity index (χ4n) is 2.36. The Morgan fingerprint density at radius 1 is 1.30 bits per heavy atom. The van der Waals surface area contributed by atoms with Crippen LogP contribution in [0.25, 0.3) is 0 Å². The molecule has 1 fully saturated rings. The third-order valence-corrected chi connectivity index (χ3v) is 4.31. The lowest BCUT2D eigenvalue weighted by atomic mass is 10.0. The van der Waals surface area contributed by atoms with Crippen molar-refractivity contribution in [1.82, 2.24) is 10.2 Å². The molecule has 2 unspecified atom stereocenters. The van der Waals surface area contributed by atoms with Crippen LogP contribution in [0.3, 0.4) is 0 Å². The highest BCUT2D eigenvalue weighted by atomic mass is 35.5. The first kappa shape index (κ1) is 15.1. The number of piperazine rings is 1. The maximum atomic E-state index is 12.3. The van der Waals surface area contributed by atoms with Crippen LogP contribution in [-0.4, -0.2) is 28.8 Å². The molecule has 0 aromatic heterocycles. The number of amides is 2. The van der Waals surface area contributed by atoms with E-state index in [0.29, 0.717) is 16.5 Å². The summed E-state index contributed by atoms with van der Waals surface area (Å²) < 4.78 is 0. The average molecular weight is 315 g/mol. The van der Waals surface area contributed by atoms with Gasteiger partial charge in [-0.1, -0.05) is 42.3 Å². The van der Waals surface area contributed by atoms with Gasteiger partial charge in [-0.25, -0.2) is 0 Å². The third-order valence-electron chi connectivity index (χ3n) is 3.45. The zero-order valence-corrected chi connectivity index (χ0v) is 12.8. The lowest BCUT2D eigenvalue weighted by Gasteiger charge is -2.37. The second-order valence-corrected chi connectivity index (χ2v) is 5.62. The molecule has 0 saturated carbocycles. The fraction of sp³-hybridized carbons (Fsp3) is 0.429. The molecule has 1 heterocycles. The van der Waals surface area contributed by atoms with Crippen LogP contribution in [0.4, 0.5) is 0 Å². The van der Waals surface area contributed by atoms with Crippen LogP contribution in [0.5, 0.6) is 0 Å². The Bertz CT molecular complexity index is 548. The minimum atomic E-state index is -0.511. The van der Waals surface area contributed by atoms with Crippen molar-refractivity contribution in [2.75, 3.05) is 0 Å². The van der Waals surface area contributed by atoms with E-state index in [9.17, 15) is 9.59 Å². The summed E-state index contributed by atoms with van der Waals surface area (Å²) in [6.07, 6.45) is 0.558. The maximum absolute atomic E-state index is 12.3. The van der Waals surface area contributed by atoms with Crippen molar-refractivity contribution in [1.29, 1.82) is 0 Å². The molecule has 1 aliphatic heterocycles. The van der Waals surface area contributed by atoms with Gasteiger partial charge in [0.05, 0.1) is 10.0 Å². The Hall–Kier alpha value is -1.26. The van der Waals surface area contributed by atoms with Gasteiger partial charge in [-0.3, -0.25) is 9.59 Å². The Kier molecular flexibility index (Phi) is 4.55. The molecule has 6 heteroatoms. The van der Waals surface area contributed by atoms with Crippen LogP contribution in [0, 0.1) is 0 Å². The van der Waals surface area contributed by atoms with Crippen LogP contribution in [-0.2, 0) is 16.1 Å². The van der Waals surface area contributed by atoms with Crippen LogP contribution < -0.4 is 5.32 Å². The predicted molar refractivity (Wildman–Crippen MR) is 78.7 cm³/mol. The second-order valence-electron chi connectivity index (χ2n) is 4.83. The molecular weight excluding hydrogens is 299 g/mol. The number of hydrogen-bond acceptors (Lipinski definition) is 2. The van der Waals surface area contributed by atoms with Gasteiger partial charge in [-0.05, 0) is 25.0 Å². The van der Waals surface area contributed by atoms with Gasteiger partial charge in [0, 0.05) is 6.54 Å². The number of hydrogen-bond donors (Lipinski definition) is 1. The first-order valence-electron chi connectivity index (χ1n) is 6.49. The number of benzene rings is 1. The standard InChI is InChI=1S/C14H16Cl2N2O2/c1-3-11-13(19)17-8(2)14(20)18(11)7-9-5-4-6-10(15)12(9)16/h4-6,8,11H,3,7H2,1-2H3,(H,17,19). The van der Waals surface area contributed by atoms with Crippen molar-refractivity contribution in [2.45, 2.75) is 38.9 Å². The molecule has 2 atom stereocenters. The van der Waals surface area contributed by atoms with E-state index in [-0.39, 0.29) is 18.4 Å². The summed E-state index contributed by atoms with van der Waals surface area (Å²) >= 11 is 12.1. The van der Waals surface area contributed by atoms with E-state index in [1.807, 2.05) is 13.0 Å². The highest BCUT2D eigenvalue weighted by molar-refractivity contribution is 6.42. The number of halogens is 2. The van der Waals surface area contributed by atoms with E-state index in [2.05, 4.69) is 5.32 Å². The topological polar surface area (TPSA) is 49.4 Å². The van der Waals surface area contributed by atoms with Gasteiger partial charge >= 0.3 is 0 Å². The molecule has 1 aromatic rings. The largest absolute Gasteiger partial charge is 0.343 e. The van der Waals surface area contributed by atoms with E-state index in [1.54, 1.807) is 24.0 Å². The minimum Gasteiger partial charge on any atom is -0.343 e. The summed E-state index contributed by atoms with van der Waals surface area (Å²) in [6.45, 7) is 3.84. The number of carbonyl (C=O) groups is 2. The number of nitrogens with one attached hydrogen (secondary N) is 1. The molecule has 0 spiro atoms. The fourth-order valence-corrected chi connectivity index (χ4v) is 2.74. The summed E-state index contributed by atoms with van der Waals surface area (Å²) in [7, 11) is 0. The molecule has 1 N–H and O–H groups in total. The molecule has 108 valence electrons. The van der Waals surface area contributed by atoms with E-state index >= 15 is 0 Å². The first-order chi connectivity index (χ1) is 9.45. The highest BCUT2D eigenvalue weighted by Gasteiger charge is 2.37. The highest BCUT2D eigenvalue weighted by Crippen LogP contribution is 2.28. The molecular formula is C14H16Cl2N2O2. The first-order valence-corrected chi connectivity index (χ1v) is 7.25. The average Bonchev–Trinajstić information content (AvgIpc) is 2.41. The predicted octanol–water partition coefficient (Wildman–Crippen LogP) is 2.62. The molecule has 20 heavy (non-hydrogen) atoms. The minimum absolute atomic E-state index is 0.104. The monoisotopic (exact) mass is 314 g/mol. The van der Waals surface area contributed by atoms with Crippen molar-refractivity contribution in [3.05, 3.63) is 33.8 Å². The number of carbonyl (C=O) groups excluding carboxylic acids is 2. The van der Waals surface area contributed by atoms with Gasteiger partial charge in [0.25, 0.3) is 0 Å². The Balaban J connectivity index is 2.30. The second kappa shape index (κ2) is 6.02. The molecule has 1 aliphatic rings. The smallest absolute Gasteiger partial charge is 0.245 e. The molecule has 0 aliphatic carbocycles. The van der Waals surface area contributed by atoms with Crippen LogP contribution in [0.2, 0.25) is 10.0 Å². The number of nitrogens with zero attached hydrogens (tertiary/aromatic N) is 1. The number of rotatable bonds is 3. The molecule has 4 nitrogen and oxygen atoms in total. The molecule has 1 aromatic carbocycles. The van der Waals surface area contributed by atoms with Crippen molar-refractivity contribution in [2.24, 2.45) is 0 Å².